The van der Waals surface area contributed by atoms with Crippen LogP contribution in [-0.4, -0.2) is 11.8 Å². The van der Waals surface area contributed by atoms with Crippen LogP contribution in [-0.2, 0) is 13.0 Å². The zero-order valence-electron chi connectivity index (χ0n) is 17.6. The van der Waals surface area contributed by atoms with Gasteiger partial charge in [-0.3, -0.25) is 9.59 Å². The van der Waals surface area contributed by atoms with E-state index in [1.807, 2.05) is 36.4 Å². The van der Waals surface area contributed by atoms with E-state index in [0.717, 1.165) is 16.0 Å². The number of thiophene rings is 1. The van der Waals surface area contributed by atoms with Gasteiger partial charge in [-0.15, -0.1) is 11.3 Å². The number of ether oxygens (including phenoxy) is 1. The first-order chi connectivity index (χ1) is 16.0. The Bertz CT molecular complexity index is 1270. The van der Waals surface area contributed by atoms with Crippen molar-refractivity contribution in [3.63, 3.8) is 0 Å². The molecule has 0 fully saturated rings. The molecule has 0 aliphatic heterocycles. The largest absolute Gasteiger partial charge is 0.489 e. The predicted octanol–water partition coefficient (Wildman–Crippen LogP) is 5.92. The van der Waals surface area contributed by atoms with Gasteiger partial charge in [0.05, 0.1) is 5.56 Å². The highest BCUT2D eigenvalue weighted by Crippen LogP contribution is 2.30. The molecule has 0 saturated heterocycles. The van der Waals surface area contributed by atoms with E-state index in [9.17, 15) is 9.59 Å². The standard InChI is InChI=1S/C26H21ClN2O3S/c27-20-9-11-21(12-10-20)32-16-18-7-4-8-19(13-18)25(31)29-26-23(24(28)30)15-22(33-26)14-17-5-2-1-3-6-17/h1-13,15H,14,16H2,(H2,28,30)(H,29,31). The molecule has 1 heterocycles. The molecular formula is C26H21ClN2O3S. The highest BCUT2D eigenvalue weighted by atomic mass is 35.5. The maximum atomic E-state index is 12.9. The van der Waals surface area contributed by atoms with Crippen molar-refractivity contribution in [1.29, 1.82) is 0 Å². The van der Waals surface area contributed by atoms with Crippen molar-refractivity contribution >= 4 is 39.8 Å². The van der Waals surface area contributed by atoms with Crippen LogP contribution in [0.3, 0.4) is 0 Å². The summed E-state index contributed by atoms with van der Waals surface area (Å²) >= 11 is 7.25. The maximum Gasteiger partial charge on any atom is 0.256 e. The molecule has 3 aromatic carbocycles. The number of nitrogens with two attached hydrogens (primary N) is 1. The summed E-state index contributed by atoms with van der Waals surface area (Å²) in [4.78, 5) is 25.8. The number of carbonyl (C=O) groups is 2. The lowest BCUT2D eigenvalue weighted by Gasteiger charge is -2.09. The van der Waals surface area contributed by atoms with Gasteiger partial charge in [-0.05, 0) is 53.6 Å². The lowest BCUT2D eigenvalue weighted by molar-refractivity contribution is 0.100. The Labute approximate surface area is 200 Å². The van der Waals surface area contributed by atoms with Crippen LogP contribution < -0.4 is 15.8 Å². The molecule has 0 bridgehead atoms. The van der Waals surface area contributed by atoms with Gasteiger partial charge in [0, 0.05) is 21.9 Å². The van der Waals surface area contributed by atoms with Crippen molar-refractivity contribution in [1.82, 2.24) is 0 Å². The average Bonchev–Trinajstić information content (AvgIpc) is 3.22. The van der Waals surface area contributed by atoms with Gasteiger partial charge < -0.3 is 15.8 Å². The number of hydrogen-bond donors (Lipinski definition) is 2. The zero-order chi connectivity index (χ0) is 23.2. The van der Waals surface area contributed by atoms with Gasteiger partial charge in [0.1, 0.15) is 17.4 Å². The van der Waals surface area contributed by atoms with Crippen molar-refractivity contribution in [2.75, 3.05) is 5.32 Å². The predicted molar refractivity (Wildman–Crippen MR) is 132 cm³/mol. The van der Waals surface area contributed by atoms with E-state index in [1.54, 1.807) is 48.5 Å². The molecule has 4 aromatic rings. The number of anilines is 1. The fourth-order valence-corrected chi connectivity index (χ4v) is 4.49. The Hall–Kier alpha value is -3.61. The van der Waals surface area contributed by atoms with Gasteiger partial charge in [0.2, 0.25) is 0 Å². The zero-order valence-corrected chi connectivity index (χ0v) is 19.2. The lowest BCUT2D eigenvalue weighted by Crippen LogP contribution is -2.16. The second-order valence-corrected chi connectivity index (χ2v) is 8.95. The summed E-state index contributed by atoms with van der Waals surface area (Å²) < 4.78 is 5.76. The van der Waals surface area contributed by atoms with E-state index in [0.29, 0.717) is 39.9 Å². The number of benzene rings is 3. The van der Waals surface area contributed by atoms with Gasteiger partial charge in [-0.1, -0.05) is 54.1 Å². The van der Waals surface area contributed by atoms with Gasteiger partial charge in [0.15, 0.2) is 0 Å². The van der Waals surface area contributed by atoms with E-state index >= 15 is 0 Å². The molecule has 7 heteroatoms. The Kier molecular flexibility index (Phi) is 7.07. The van der Waals surface area contributed by atoms with E-state index in [2.05, 4.69) is 5.32 Å². The maximum absolute atomic E-state index is 12.9. The highest BCUT2D eigenvalue weighted by molar-refractivity contribution is 7.16. The number of nitrogens with one attached hydrogen (secondary N) is 1. The number of primary amides is 1. The first-order valence-corrected chi connectivity index (χ1v) is 11.4. The third-order valence-corrected chi connectivity index (χ3v) is 6.21. The first kappa shape index (κ1) is 22.6. The van der Waals surface area contributed by atoms with Gasteiger partial charge in [0.25, 0.3) is 11.8 Å². The van der Waals surface area contributed by atoms with Crippen LogP contribution in [0.4, 0.5) is 5.00 Å². The first-order valence-electron chi connectivity index (χ1n) is 10.2. The van der Waals surface area contributed by atoms with Crippen molar-refractivity contribution in [3.8, 4) is 5.75 Å². The number of carbonyl (C=O) groups excluding carboxylic acids is 2. The molecule has 0 spiro atoms. The van der Waals surface area contributed by atoms with Gasteiger partial charge in [-0.25, -0.2) is 0 Å². The molecule has 0 unspecified atom stereocenters. The Morgan fingerprint density at radius 3 is 2.36 bits per heavy atom. The summed E-state index contributed by atoms with van der Waals surface area (Å²) in [6.07, 6.45) is 0.652. The van der Waals surface area contributed by atoms with Crippen molar-refractivity contribution in [2.45, 2.75) is 13.0 Å². The Balaban J connectivity index is 1.46. The summed E-state index contributed by atoms with van der Waals surface area (Å²) in [5.41, 5.74) is 8.27. The van der Waals surface area contributed by atoms with E-state index < -0.39 is 5.91 Å². The molecule has 166 valence electrons. The lowest BCUT2D eigenvalue weighted by atomic mass is 10.1. The SMILES string of the molecule is NC(=O)c1cc(Cc2ccccc2)sc1NC(=O)c1cccc(COc2ccc(Cl)cc2)c1. The topological polar surface area (TPSA) is 81.4 Å². The highest BCUT2D eigenvalue weighted by Gasteiger charge is 2.17. The quantitative estimate of drug-likeness (QED) is 0.331. The van der Waals surface area contributed by atoms with Gasteiger partial charge >= 0.3 is 0 Å². The second-order valence-electron chi connectivity index (χ2n) is 7.38. The molecule has 2 amide bonds. The fraction of sp³-hybridized carbons (Fsp3) is 0.0769. The molecule has 3 N–H and O–H groups in total. The molecule has 0 radical (unpaired) electrons. The van der Waals surface area contributed by atoms with E-state index in [-0.39, 0.29) is 5.91 Å². The molecule has 0 saturated carbocycles. The third-order valence-electron chi connectivity index (χ3n) is 4.91. The van der Waals surface area contributed by atoms with Crippen LogP contribution in [0.2, 0.25) is 5.02 Å². The fourth-order valence-electron chi connectivity index (χ4n) is 3.28. The second kappa shape index (κ2) is 10.3. The Morgan fingerprint density at radius 2 is 1.64 bits per heavy atom. The number of amides is 2. The van der Waals surface area contributed by atoms with Crippen LogP contribution in [0.5, 0.6) is 5.75 Å². The number of halogens is 1. The summed E-state index contributed by atoms with van der Waals surface area (Å²) in [5, 5.41) is 3.93. The van der Waals surface area contributed by atoms with Crippen molar-refractivity contribution in [2.24, 2.45) is 5.73 Å². The van der Waals surface area contributed by atoms with E-state index in [4.69, 9.17) is 22.1 Å². The number of hydrogen-bond acceptors (Lipinski definition) is 4. The van der Waals surface area contributed by atoms with Crippen molar-refractivity contribution < 1.29 is 14.3 Å². The minimum Gasteiger partial charge on any atom is -0.489 e. The molecule has 0 aliphatic carbocycles. The van der Waals surface area contributed by atoms with Crippen LogP contribution in [0.1, 0.15) is 36.7 Å². The van der Waals surface area contributed by atoms with Crippen LogP contribution in [0.25, 0.3) is 0 Å². The summed E-state index contributed by atoms with van der Waals surface area (Å²) in [5.74, 6) is -0.213. The van der Waals surface area contributed by atoms with Crippen LogP contribution >= 0.6 is 22.9 Å². The third kappa shape index (κ3) is 6.00. The minimum absolute atomic E-state index is 0.301. The normalized spacial score (nSPS) is 10.6. The van der Waals surface area contributed by atoms with Gasteiger partial charge in [-0.2, -0.15) is 0 Å². The van der Waals surface area contributed by atoms with Crippen LogP contribution in [0.15, 0.2) is 84.9 Å². The molecule has 33 heavy (non-hydrogen) atoms. The molecule has 0 atom stereocenters. The summed E-state index contributed by atoms with van der Waals surface area (Å²) in [7, 11) is 0. The molecular weight excluding hydrogens is 456 g/mol. The molecule has 4 rings (SSSR count). The Morgan fingerprint density at radius 1 is 0.909 bits per heavy atom. The molecule has 1 aromatic heterocycles. The summed E-state index contributed by atoms with van der Waals surface area (Å²) in [6, 6.07) is 25.9. The van der Waals surface area contributed by atoms with Crippen molar-refractivity contribution in [3.05, 3.63) is 117 Å². The minimum atomic E-state index is -0.578. The average molecular weight is 477 g/mol. The summed E-state index contributed by atoms with van der Waals surface area (Å²) in [6.45, 7) is 0.301. The molecule has 0 aliphatic rings. The molecule has 5 nitrogen and oxygen atoms in total. The monoisotopic (exact) mass is 476 g/mol. The van der Waals surface area contributed by atoms with E-state index in [1.165, 1.54) is 11.3 Å². The van der Waals surface area contributed by atoms with Crippen LogP contribution in [0, 0.1) is 0 Å². The smallest absolute Gasteiger partial charge is 0.256 e. The number of rotatable bonds is 8.